The highest BCUT2D eigenvalue weighted by atomic mass is 16.6. The van der Waals surface area contributed by atoms with Gasteiger partial charge in [-0.2, -0.15) is 0 Å². The highest BCUT2D eigenvalue weighted by Crippen LogP contribution is 2.24. The van der Waals surface area contributed by atoms with E-state index < -0.39 is 11.6 Å². The van der Waals surface area contributed by atoms with Gasteiger partial charge < -0.3 is 19.5 Å². The third-order valence-corrected chi connectivity index (χ3v) is 3.33. The van der Waals surface area contributed by atoms with Gasteiger partial charge in [0.05, 0.1) is 12.3 Å². The summed E-state index contributed by atoms with van der Waals surface area (Å²) in [6.45, 7) is 7.59. The van der Waals surface area contributed by atoms with Gasteiger partial charge in [-0.3, -0.25) is 4.79 Å². The lowest BCUT2D eigenvalue weighted by Crippen LogP contribution is -2.27. The van der Waals surface area contributed by atoms with Crippen LogP contribution in [0.5, 0.6) is 11.5 Å². The van der Waals surface area contributed by atoms with Crippen LogP contribution in [0.3, 0.4) is 0 Å². The Morgan fingerprint density at radius 1 is 0.963 bits per heavy atom. The molecule has 0 spiro atoms. The maximum absolute atomic E-state index is 12.4. The third kappa shape index (κ3) is 6.66. The number of rotatable bonds is 7. The Bertz CT molecular complexity index is 778. The number of nitrogens with one attached hydrogen (secondary N) is 1. The van der Waals surface area contributed by atoms with Crippen molar-refractivity contribution in [1.29, 1.82) is 0 Å². The van der Waals surface area contributed by atoms with Gasteiger partial charge in [-0.05, 0) is 64.1 Å². The topological polar surface area (TPSA) is 73.9 Å². The Morgan fingerprint density at radius 2 is 1.63 bits per heavy atom. The largest absolute Gasteiger partial charge is 0.492 e. The molecular weight excluding hydrogens is 346 g/mol. The lowest BCUT2D eigenvalue weighted by molar-refractivity contribution is -0.157. The van der Waals surface area contributed by atoms with Crippen molar-refractivity contribution in [3.63, 3.8) is 0 Å². The number of benzene rings is 2. The quantitative estimate of drug-likeness (QED) is 0.743. The number of ether oxygens (including phenoxy) is 3. The van der Waals surface area contributed by atoms with E-state index in [-0.39, 0.29) is 12.5 Å². The van der Waals surface area contributed by atoms with Crippen LogP contribution in [0.1, 0.15) is 38.1 Å². The van der Waals surface area contributed by atoms with Crippen molar-refractivity contribution in [2.75, 3.05) is 18.5 Å². The summed E-state index contributed by atoms with van der Waals surface area (Å²) < 4.78 is 16.1. The predicted molar refractivity (Wildman–Crippen MR) is 103 cm³/mol. The molecule has 0 unspecified atom stereocenters. The van der Waals surface area contributed by atoms with E-state index in [2.05, 4.69) is 5.32 Å². The van der Waals surface area contributed by atoms with Crippen molar-refractivity contribution in [1.82, 2.24) is 0 Å². The van der Waals surface area contributed by atoms with Crippen molar-refractivity contribution in [3.8, 4) is 11.5 Å². The second-order valence-corrected chi connectivity index (χ2v) is 6.78. The average Bonchev–Trinajstić information content (AvgIpc) is 2.61. The van der Waals surface area contributed by atoms with Crippen LogP contribution >= 0.6 is 0 Å². The first-order valence-corrected chi connectivity index (χ1v) is 8.76. The molecule has 0 aliphatic heterocycles. The molecule has 2 rings (SSSR count). The smallest absolute Gasteiger partial charge is 0.344 e. The Morgan fingerprint density at radius 3 is 2.26 bits per heavy atom. The van der Waals surface area contributed by atoms with Crippen LogP contribution in [0.15, 0.2) is 48.5 Å². The number of anilines is 1. The van der Waals surface area contributed by atoms with Gasteiger partial charge in [0.25, 0.3) is 5.91 Å². The predicted octanol–water partition coefficient (Wildman–Crippen LogP) is 4.06. The van der Waals surface area contributed by atoms with Gasteiger partial charge in [0.2, 0.25) is 0 Å². The summed E-state index contributed by atoms with van der Waals surface area (Å²) in [4.78, 5) is 24.1. The van der Waals surface area contributed by atoms with Crippen LogP contribution in [0, 0.1) is 0 Å². The van der Waals surface area contributed by atoms with E-state index >= 15 is 0 Å². The first-order chi connectivity index (χ1) is 12.8. The summed E-state index contributed by atoms with van der Waals surface area (Å²) in [7, 11) is 0. The standard InChI is InChI=1S/C21H25NO5/c1-5-25-18-9-7-6-8-17(18)22-20(24)15-10-12-16(13-11-15)26-14-19(23)27-21(2,3)4/h6-13H,5,14H2,1-4H3,(H,22,24). The zero-order chi connectivity index (χ0) is 19.9. The van der Waals surface area contributed by atoms with E-state index in [1.165, 1.54) is 0 Å². The molecule has 0 saturated carbocycles. The number of carbonyl (C=O) groups excluding carboxylic acids is 2. The third-order valence-electron chi connectivity index (χ3n) is 3.33. The van der Waals surface area contributed by atoms with Gasteiger partial charge in [0, 0.05) is 5.56 Å². The minimum Gasteiger partial charge on any atom is -0.492 e. The molecule has 27 heavy (non-hydrogen) atoms. The fourth-order valence-electron chi connectivity index (χ4n) is 2.26. The van der Waals surface area contributed by atoms with Gasteiger partial charge in [0.1, 0.15) is 17.1 Å². The summed E-state index contributed by atoms with van der Waals surface area (Å²) in [5.41, 5.74) is 0.515. The lowest BCUT2D eigenvalue weighted by Gasteiger charge is -2.19. The van der Waals surface area contributed by atoms with Gasteiger partial charge in [-0.1, -0.05) is 12.1 Å². The van der Waals surface area contributed by atoms with Crippen LogP contribution in [0.2, 0.25) is 0 Å². The molecule has 2 aromatic carbocycles. The van der Waals surface area contributed by atoms with E-state index in [0.29, 0.717) is 29.4 Å². The van der Waals surface area contributed by atoms with E-state index in [1.54, 1.807) is 57.2 Å². The summed E-state index contributed by atoms with van der Waals surface area (Å²) >= 11 is 0. The molecule has 144 valence electrons. The summed E-state index contributed by atoms with van der Waals surface area (Å²) in [5.74, 6) is 0.385. The highest BCUT2D eigenvalue weighted by molar-refractivity contribution is 6.05. The van der Waals surface area contributed by atoms with Crippen LogP contribution in [0.4, 0.5) is 5.69 Å². The zero-order valence-corrected chi connectivity index (χ0v) is 16.1. The van der Waals surface area contributed by atoms with E-state index in [4.69, 9.17) is 14.2 Å². The molecule has 0 radical (unpaired) electrons. The molecule has 0 atom stereocenters. The zero-order valence-electron chi connectivity index (χ0n) is 16.1. The number of hydrogen-bond acceptors (Lipinski definition) is 5. The molecule has 0 aliphatic rings. The second-order valence-electron chi connectivity index (χ2n) is 6.78. The van der Waals surface area contributed by atoms with E-state index in [0.717, 1.165) is 0 Å². The molecular formula is C21H25NO5. The van der Waals surface area contributed by atoms with Crippen molar-refractivity contribution in [2.45, 2.75) is 33.3 Å². The monoisotopic (exact) mass is 371 g/mol. The second kappa shape index (κ2) is 9.07. The Hall–Kier alpha value is -3.02. The molecule has 0 aliphatic carbocycles. The first kappa shape index (κ1) is 20.3. The van der Waals surface area contributed by atoms with Crippen LogP contribution in [-0.4, -0.2) is 30.7 Å². The molecule has 0 heterocycles. The van der Waals surface area contributed by atoms with Crippen LogP contribution < -0.4 is 14.8 Å². The van der Waals surface area contributed by atoms with Crippen molar-refractivity contribution >= 4 is 17.6 Å². The van der Waals surface area contributed by atoms with Crippen LogP contribution in [-0.2, 0) is 9.53 Å². The molecule has 6 nitrogen and oxygen atoms in total. The maximum Gasteiger partial charge on any atom is 0.344 e. The molecule has 0 bridgehead atoms. The van der Waals surface area contributed by atoms with Gasteiger partial charge in [0.15, 0.2) is 6.61 Å². The Kier molecular flexibility index (Phi) is 6.82. The van der Waals surface area contributed by atoms with Gasteiger partial charge >= 0.3 is 5.97 Å². The van der Waals surface area contributed by atoms with Crippen molar-refractivity contribution in [2.24, 2.45) is 0 Å². The lowest BCUT2D eigenvalue weighted by atomic mass is 10.2. The molecule has 0 fully saturated rings. The number of carbonyl (C=O) groups is 2. The van der Waals surface area contributed by atoms with Crippen molar-refractivity contribution < 1.29 is 23.8 Å². The summed E-state index contributed by atoms with van der Waals surface area (Å²) in [6.07, 6.45) is 0. The number of amides is 1. The average molecular weight is 371 g/mol. The Labute approximate surface area is 159 Å². The SMILES string of the molecule is CCOc1ccccc1NC(=O)c1ccc(OCC(=O)OC(C)(C)C)cc1. The maximum atomic E-state index is 12.4. The van der Waals surface area contributed by atoms with Gasteiger partial charge in [-0.15, -0.1) is 0 Å². The molecule has 1 amide bonds. The first-order valence-electron chi connectivity index (χ1n) is 8.76. The summed E-state index contributed by atoms with van der Waals surface area (Å²) in [6, 6.07) is 13.8. The fraction of sp³-hybridized carbons (Fsp3) is 0.333. The number of hydrogen-bond donors (Lipinski definition) is 1. The summed E-state index contributed by atoms with van der Waals surface area (Å²) in [5, 5.41) is 2.83. The molecule has 6 heteroatoms. The minimum atomic E-state index is -0.555. The minimum absolute atomic E-state index is 0.190. The molecule has 0 aromatic heterocycles. The molecule has 0 saturated heterocycles. The number of esters is 1. The van der Waals surface area contributed by atoms with Crippen molar-refractivity contribution in [3.05, 3.63) is 54.1 Å². The fourth-order valence-corrected chi connectivity index (χ4v) is 2.26. The molecule has 2 aromatic rings. The highest BCUT2D eigenvalue weighted by Gasteiger charge is 2.16. The molecule has 1 N–H and O–H groups in total. The normalized spacial score (nSPS) is 10.8. The van der Waals surface area contributed by atoms with E-state index in [9.17, 15) is 9.59 Å². The van der Waals surface area contributed by atoms with Gasteiger partial charge in [-0.25, -0.2) is 4.79 Å². The van der Waals surface area contributed by atoms with Crippen LogP contribution in [0.25, 0.3) is 0 Å². The number of para-hydroxylation sites is 2. The Balaban J connectivity index is 1.95. The van der Waals surface area contributed by atoms with E-state index in [1.807, 2.05) is 19.1 Å².